The molecule has 0 saturated carbocycles. The fourth-order valence-corrected chi connectivity index (χ4v) is 1.56. The molecule has 0 bridgehead atoms. The van der Waals surface area contributed by atoms with Crippen LogP contribution in [-0.4, -0.2) is 17.6 Å². The van der Waals surface area contributed by atoms with E-state index in [0.29, 0.717) is 13.0 Å². The van der Waals surface area contributed by atoms with Crippen LogP contribution >= 0.6 is 0 Å². The summed E-state index contributed by atoms with van der Waals surface area (Å²) in [7, 11) is 0. The molecular weight excluding hydrogens is 190 g/mol. The van der Waals surface area contributed by atoms with Gasteiger partial charge in [-0.1, -0.05) is 13.3 Å². The minimum atomic E-state index is -0.155. The maximum atomic E-state index is 11.3. The van der Waals surface area contributed by atoms with Crippen molar-refractivity contribution < 1.29 is 9.53 Å². The van der Waals surface area contributed by atoms with Crippen molar-refractivity contribution in [3.8, 4) is 0 Å². The smallest absolute Gasteiger partial charge is 0.311 e. The number of unbranched alkanes of at least 4 members (excludes halogenated alkanes) is 1. The van der Waals surface area contributed by atoms with E-state index in [1.54, 1.807) is 0 Å². The van der Waals surface area contributed by atoms with E-state index < -0.39 is 0 Å². The monoisotopic (exact) mass is 209 g/mol. The number of carbonyl (C=O) groups excluding carboxylic acids is 1. The Kier molecular flexibility index (Phi) is 4.95. The summed E-state index contributed by atoms with van der Waals surface area (Å²) in [4.78, 5) is 14.4. The average molecular weight is 209 g/mol. The molecule has 84 valence electrons. The summed E-state index contributed by atoms with van der Waals surface area (Å²) < 4.78 is 4.92. The summed E-state index contributed by atoms with van der Waals surface area (Å²) in [6.07, 6.45) is 5.62. The molecule has 0 aromatic carbocycles. The molecular formula is C12H19NO2. The SMILES string of the molecule is CCCCc1cc[nH]c1CC(=O)OCC. The van der Waals surface area contributed by atoms with Crippen molar-refractivity contribution in [3.05, 3.63) is 23.5 Å². The van der Waals surface area contributed by atoms with E-state index in [-0.39, 0.29) is 5.97 Å². The quantitative estimate of drug-likeness (QED) is 0.731. The minimum absolute atomic E-state index is 0.155. The molecule has 1 N–H and O–H groups in total. The Labute approximate surface area is 90.8 Å². The van der Waals surface area contributed by atoms with Crippen LogP contribution in [0.1, 0.15) is 37.9 Å². The molecule has 0 aliphatic carbocycles. The van der Waals surface area contributed by atoms with Crippen LogP contribution in [0.25, 0.3) is 0 Å². The third kappa shape index (κ3) is 3.78. The van der Waals surface area contributed by atoms with Gasteiger partial charge in [-0.3, -0.25) is 4.79 Å². The van der Waals surface area contributed by atoms with Gasteiger partial charge in [0.1, 0.15) is 0 Å². The summed E-state index contributed by atoms with van der Waals surface area (Å²) in [5.74, 6) is -0.155. The van der Waals surface area contributed by atoms with Gasteiger partial charge in [-0.15, -0.1) is 0 Å². The number of hydrogen-bond acceptors (Lipinski definition) is 2. The number of aromatic amines is 1. The minimum Gasteiger partial charge on any atom is -0.466 e. The van der Waals surface area contributed by atoms with Crippen LogP contribution < -0.4 is 0 Å². The molecule has 1 aromatic rings. The summed E-state index contributed by atoms with van der Waals surface area (Å²) in [5, 5.41) is 0. The molecule has 0 aliphatic heterocycles. The molecule has 3 heteroatoms. The predicted octanol–water partition coefficient (Wildman–Crippen LogP) is 2.46. The molecule has 0 spiro atoms. The summed E-state index contributed by atoms with van der Waals surface area (Å²) in [6, 6.07) is 2.05. The molecule has 0 unspecified atom stereocenters. The third-order valence-electron chi connectivity index (χ3n) is 2.36. The van der Waals surface area contributed by atoms with Crippen LogP contribution in [0, 0.1) is 0 Å². The molecule has 1 aromatic heterocycles. The number of H-pyrrole nitrogens is 1. The van der Waals surface area contributed by atoms with Gasteiger partial charge in [0, 0.05) is 11.9 Å². The molecule has 0 saturated heterocycles. The van der Waals surface area contributed by atoms with E-state index in [0.717, 1.165) is 18.5 Å². The number of carbonyl (C=O) groups is 1. The second kappa shape index (κ2) is 6.27. The van der Waals surface area contributed by atoms with Gasteiger partial charge in [0.05, 0.1) is 13.0 Å². The lowest BCUT2D eigenvalue weighted by atomic mass is 10.1. The molecule has 0 atom stereocenters. The number of ether oxygens (including phenoxy) is 1. The average Bonchev–Trinajstić information content (AvgIpc) is 2.63. The van der Waals surface area contributed by atoms with E-state index in [1.165, 1.54) is 12.0 Å². The Morgan fingerprint density at radius 2 is 2.27 bits per heavy atom. The molecule has 0 amide bonds. The number of rotatable bonds is 6. The fourth-order valence-electron chi connectivity index (χ4n) is 1.56. The van der Waals surface area contributed by atoms with E-state index >= 15 is 0 Å². The van der Waals surface area contributed by atoms with Crippen LogP contribution in [0.3, 0.4) is 0 Å². The van der Waals surface area contributed by atoms with Gasteiger partial charge in [-0.25, -0.2) is 0 Å². The molecule has 3 nitrogen and oxygen atoms in total. The van der Waals surface area contributed by atoms with Gasteiger partial charge in [-0.05, 0) is 31.4 Å². The zero-order valence-electron chi connectivity index (χ0n) is 9.51. The summed E-state index contributed by atoms with van der Waals surface area (Å²) in [5.41, 5.74) is 2.24. The number of aryl methyl sites for hydroxylation is 1. The highest BCUT2D eigenvalue weighted by atomic mass is 16.5. The van der Waals surface area contributed by atoms with Gasteiger partial charge in [-0.2, -0.15) is 0 Å². The molecule has 15 heavy (non-hydrogen) atoms. The number of hydrogen-bond donors (Lipinski definition) is 1. The first kappa shape index (κ1) is 11.8. The topological polar surface area (TPSA) is 42.1 Å². The zero-order chi connectivity index (χ0) is 11.1. The van der Waals surface area contributed by atoms with Gasteiger partial charge in [0.25, 0.3) is 0 Å². The standard InChI is InChI=1S/C12H19NO2/c1-3-5-6-10-7-8-13-11(10)9-12(14)15-4-2/h7-8,13H,3-6,9H2,1-2H3. The fraction of sp³-hybridized carbons (Fsp3) is 0.583. The van der Waals surface area contributed by atoms with E-state index in [2.05, 4.69) is 11.9 Å². The highest BCUT2D eigenvalue weighted by Crippen LogP contribution is 2.11. The maximum Gasteiger partial charge on any atom is 0.311 e. The Morgan fingerprint density at radius 3 is 2.93 bits per heavy atom. The number of nitrogens with one attached hydrogen (secondary N) is 1. The van der Waals surface area contributed by atoms with Crippen LogP contribution in [-0.2, 0) is 22.4 Å². The maximum absolute atomic E-state index is 11.3. The Hall–Kier alpha value is -1.25. The van der Waals surface area contributed by atoms with Crippen LogP contribution in [0.15, 0.2) is 12.3 Å². The van der Waals surface area contributed by atoms with E-state index in [1.807, 2.05) is 19.2 Å². The van der Waals surface area contributed by atoms with E-state index in [4.69, 9.17) is 4.74 Å². The lowest BCUT2D eigenvalue weighted by molar-refractivity contribution is -0.142. The van der Waals surface area contributed by atoms with Gasteiger partial charge < -0.3 is 9.72 Å². The van der Waals surface area contributed by atoms with Gasteiger partial charge >= 0.3 is 5.97 Å². The summed E-state index contributed by atoms with van der Waals surface area (Å²) >= 11 is 0. The molecule has 0 aliphatic rings. The van der Waals surface area contributed by atoms with Crippen LogP contribution in [0.4, 0.5) is 0 Å². The van der Waals surface area contributed by atoms with E-state index in [9.17, 15) is 4.79 Å². The number of esters is 1. The second-order valence-corrected chi connectivity index (χ2v) is 3.57. The predicted molar refractivity (Wildman–Crippen MR) is 59.7 cm³/mol. The lowest BCUT2D eigenvalue weighted by Gasteiger charge is -2.03. The zero-order valence-corrected chi connectivity index (χ0v) is 9.51. The van der Waals surface area contributed by atoms with Crippen molar-refractivity contribution in [2.24, 2.45) is 0 Å². The van der Waals surface area contributed by atoms with Crippen molar-refractivity contribution in [3.63, 3.8) is 0 Å². The molecule has 0 radical (unpaired) electrons. The summed E-state index contributed by atoms with van der Waals surface area (Å²) in [6.45, 7) is 4.44. The molecule has 0 fully saturated rings. The number of aromatic nitrogens is 1. The van der Waals surface area contributed by atoms with Crippen LogP contribution in [0.2, 0.25) is 0 Å². The van der Waals surface area contributed by atoms with Crippen LogP contribution in [0.5, 0.6) is 0 Å². The van der Waals surface area contributed by atoms with Crippen molar-refractivity contribution >= 4 is 5.97 Å². The first-order chi connectivity index (χ1) is 7.27. The van der Waals surface area contributed by atoms with Crippen molar-refractivity contribution in [2.75, 3.05) is 6.61 Å². The third-order valence-corrected chi connectivity index (χ3v) is 2.36. The first-order valence-electron chi connectivity index (χ1n) is 5.58. The Bertz CT molecular complexity index is 304. The largest absolute Gasteiger partial charge is 0.466 e. The van der Waals surface area contributed by atoms with Gasteiger partial charge in [0.2, 0.25) is 0 Å². The lowest BCUT2D eigenvalue weighted by Crippen LogP contribution is -2.09. The molecule has 1 heterocycles. The normalized spacial score (nSPS) is 10.3. The highest BCUT2D eigenvalue weighted by Gasteiger charge is 2.09. The Morgan fingerprint density at radius 1 is 1.47 bits per heavy atom. The van der Waals surface area contributed by atoms with Crippen molar-refractivity contribution in [2.45, 2.75) is 39.5 Å². The van der Waals surface area contributed by atoms with Crippen molar-refractivity contribution in [1.82, 2.24) is 4.98 Å². The Balaban J connectivity index is 2.52. The first-order valence-corrected chi connectivity index (χ1v) is 5.58. The molecule has 1 rings (SSSR count). The highest BCUT2D eigenvalue weighted by molar-refractivity contribution is 5.72. The van der Waals surface area contributed by atoms with Gasteiger partial charge in [0.15, 0.2) is 0 Å². The van der Waals surface area contributed by atoms with Crippen molar-refractivity contribution in [1.29, 1.82) is 0 Å². The second-order valence-electron chi connectivity index (χ2n) is 3.57.